The zero-order valence-electron chi connectivity index (χ0n) is 23.2. The van der Waals surface area contributed by atoms with Crippen molar-refractivity contribution in [2.45, 2.75) is 78.7 Å². The highest BCUT2D eigenvalue weighted by atomic mass is 35.5. The lowest BCUT2D eigenvalue weighted by molar-refractivity contribution is -0.0000431. The summed E-state index contributed by atoms with van der Waals surface area (Å²) in [6.07, 6.45) is 7.44. The van der Waals surface area contributed by atoms with Gasteiger partial charge in [-0.1, -0.05) is 44.5 Å². The van der Waals surface area contributed by atoms with E-state index in [1.54, 1.807) is 13.1 Å². The van der Waals surface area contributed by atoms with Crippen molar-refractivity contribution in [3.8, 4) is 0 Å². The van der Waals surface area contributed by atoms with E-state index in [-0.39, 0.29) is 11.9 Å². The zero-order valence-corrected chi connectivity index (χ0v) is 24.8. The number of nitrogens with zero attached hydrogens (tertiary/aromatic N) is 3. The van der Waals surface area contributed by atoms with E-state index in [4.69, 9.17) is 11.6 Å². The molecule has 208 valence electrons. The fourth-order valence-corrected chi connectivity index (χ4v) is 6.35. The number of nitrogens with one attached hydrogen (secondary N) is 2. The Bertz CT molecular complexity index is 1020. The summed E-state index contributed by atoms with van der Waals surface area (Å²) in [5.74, 6) is 0.0703. The van der Waals surface area contributed by atoms with E-state index in [2.05, 4.69) is 50.7 Å². The third-order valence-corrected chi connectivity index (χ3v) is 9.16. The van der Waals surface area contributed by atoms with E-state index in [1.807, 2.05) is 32.1 Å². The van der Waals surface area contributed by atoms with Crippen molar-refractivity contribution in [1.29, 1.82) is 0 Å². The minimum absolute atomic E-state index is 0.0703. The molecule has 4 rings (SSSR count). The van der Waals surface area contributed by atoms with Gasteiger partial charge in [-0.2, -0.15) is 0 Å². The Balaban J connectivity index is 0.00000186. The summed E-state index contributed by atoms with van der Waals surface area (Å²) in [5.41, 5.74) is 3.08. The normalized spacial score (nSPS) is 24.4. The zero-order chi connectivity index (χ0) is 27.0. The summed E-state index contributed by atoms with van der Waals surface area (Å²) >= 11 is 6.03. The Hall–Kier alpha value is -1.58. The SMILES string of the molecule is CC.CCC1CN(C2NC=C(NS(=O)(=O)CC)C=C2C)CCN1C1CCN(Cc2ccc(Cl)cc2)CC1. The van der Waals surface area contributed by atoms with Crippen molar-refractivity contribution in [3.05, 3.63) is 58.4 Å². The van der Waals surface area contributed by atoms with Gasteiger partial charge < -0.3 is 5.32 Å². The van der Waals surface area contributed by atoms with Crippen LogP contribution < -0.4 is 10.0 Å². The molecule has 37 heavy (non-hydrogen) atoms. The highest BCUT2D eigenvalue weighted by Crippen LogP contribution is 2.26. The van der Waals surface area contributed by atoms with Crippen LogP contribution in [0.25, 0.3) is 0 Å². The molecule has 0 aliphatic carbocycles. The number of hydrogen-bond acceptors (Lipinski definition) is 6. The Kier molecular flexibility index (Phi) is 11.3. The molecule has 7 nitrogen and oxygen atoms in total. The summed E-state index contributed by atoms with van der Waals surface area (Å²) in [7, 11) is -3.27. The van der Waals surface area contributed by atoms with E-state index >= 15 is 0 Å². The van der Waals surface area contributed by atoms with Gasteiger partial charge >= 0.3 is 0 Å². The Morgan fingerprint density at radius 2 is 1.73 bits per heavy atom. The summed E-state index contributed by atoms with van der Waals surface area (Å²) in [4.78, 5) is 7.83. The number of hydrogen-bond donors (Lipinski definition) is 2. The number of piperazine rings is 1. The van der Waals surface area contributed by atoms with Crippen LogP contribution >= 0.6 is 11.6 Å². The fourth-order valence-electron chi connectivity index (χ4n) is 5.60. The van der Waals surface area contributed by atoms with Crippen LogP contribution in [0.4, 0.5) is 0 Å². The lowest BCUT2D eigenvalue weighted by Crippen LogP contribution is -2.62. The number of allylic oxidation sites excluding steroid dienone is 1. The van der Waals surface area contributed by atoms with Gasteiger partial charge in [-0.05, 0) is 75.5 Å². The van der Waals surface area contributed by atoms with Crippen molar-refractivity contribution in [1.82, 2.24) is 24.7 Å². The van der Waals surface area contributed by atoms with E-state index in [9.17, 15) is 8.42 Å². The molecule has 2 N–H and O–H groups in total. The van der Waals surface area contributed by atoms with E-state index in [0.29, 0.717) is 17.8 Å². The van der Waals surface area contributed by atoms with E-state index < -0.39 is 10.0 Å². The maximum Gasteiger partial charge on any atom is 0.232 e. The molecule has 2 fully saturated rings. The molecule has 3 aliphatic rings. The van der Waals surface area contributed by atoms with Crippen molar-refractivity contribution in [2.24, 2.45) is 0 Å². The lowest BCUT2D eigenvalue weighted by atomic mass is 9.97. The molecular weight excluding hydrogens is 506 g/mol. The second-order valence-electron chi connectivity index (χ2n) is 9.99. The van der Waals surface area contributed by atoms with Crippen molar-refractivity contribution < 1.29 is 8.42 Å². The molecule has 1 aromatic rings. The van der Waals surface area contributed by atoms with Crippen LogP contribution in [0.3, 0.4) is 0 Å². The summed E-state index contributed by atoms with van der Waals surface area (Å²) in [6, 6.07) is 9.41. The molecule has 0 saturated carbocycles. The van der Waals surface area contributed by atoms with Crippen molar-refractivity contribution in [3.63, 3.8) is 0 Å². The van der Waals surface area contributed by atoms with Gasteiger partial charge in [0.05, 0.1) is 11.4 Å². The molecule has 1 aromatic carbocycles. The quantitative estimate of drug-likeness (QED) is 0.500. The molecule has 2 saturated heterocycles. The molecule has 0 amide bonds. The first kappa shape index (κ1) is 30.0. The van der Waals surface area contributed by atoms with Gasteiger partial charge in [-0.25, -0.2) is 8.42 Å². The minimum atomic E-state index is -3.27. The van der Waals surface area contributed by atoms with Crippen molar-refractivity contribution in [2.75, 3.05) is 38.5 Å². The summed E-state index contributed by atoms with van der Waals surface area (Å²) in [5, 5.41) is 4.24. The first-order valence-corrected chi connectivity index (χ1v) is 15.9. The molecule has 0 radical (unpaired) electrons. The first-order valence-electron chi connectivity index (χ1n) is 13.9. The lowest BCUT2D eigenvalue weighted by Gasteiger charge is -2.49. The van der Waals surface area contributed by atoms with Gasteiger partial charge in [0, 0.05) is 49.5 Å². The summed E-state index contributed by atoms with van der Waals surface area (Å²) in [6.45, 7) is 16.4. The standard InChI is InChI=1S/C26H40ClN5O2S.C2H6/c1-4-24-19-31(26-20(3)16-23(17-28-26)29-35(33,34)5-2)14-15-32(24)25-10-12-30(13-11-25)18-21-6-8-22(27)9-7-21;1-2/h6-9,16-17,24-26,28-29H,4-5,10-15,18-19H2,1-3H3;1-2H3. The number of halogens is 1. The first-order chi connectivity index (χ1) is 17.8. The third-order valence-electron chi connectivity index (χ3n) is 7.61. The Morgan fingerprint density at radius 3 is 2.32 bits per heavy atom. The molecule has 2 atom stereocenters. The number of piperidine rings is 1. The number of rotatable bonds is 8. The van der Waals surface area contributed by atoms with Crippen LogP contribution in [-0.2, 0) is 16.6 Å². The third kappa shape index (κ3) is 8.20. The number of benzene rings is 1. The van der Waals surface area contributed by atoms with Crippen LogP contribution in [0.1, 0.15) is 59.4 Å². The topological polar surface area (TPSA) is 67.9 Å². The maximum atomic E-state index is 11.9. The van der Waals surface area contributed by atoms with Gasteiger partial charge in [0.1, 0.15) is 6.17 Å². The van der Waals surface area contributed by atoms with Gasteiger partial charge in [0.25, 0.3) is 0 Å². The second kappa shape index (κ2) is 14.0. The number of dihydropyridines is 1. The highest BCUT2D eigenvalue weighted by Gasteiger charge is 2.35. The molecule has 0 bridgehead atoms. The fraction of sp³-hybridized carbons (Fsp3) is 0.643. The van der Waals surface area contributed by atoms with Gasteiger partial charge in [0.15, 0.2) is 0 Å². The van der Waals surface area contributed by atoms with Crippen molar-refractivity contribution >= 4 is 21.6 Å². The van der Waals surface area contributed by atoms with Crippen LogP contribution in [-0.4, -0.2) is 79.8 Å². The number of likely N-dealkylation sites (tertiary alicyclic amines) is 1. The second-order valence-corrected chi connectivity index (χ2v) is 12.4. The minimum Gasteiger partial charge on any atom is -0.370 e. The average Bonchev–Trinajstić information content (AvgIpc) is 2.91. The molecular formula is C28H46ClN5O2S. The highest BCUT2D eigenvalue weighted by molar-refractivity contribution is 7.89. The smallest absolute Gasteiger partial charge is 0.232 e. The Labute approximate surface area is 230 Å². The largest absolute Gasteiger partial charge is 0.370 e. The number of sulfonamides is 1. The predicted octanol–water partition coefficient (Wildman–Crippen LogP) is 4.38. The maximum absolute atomic E-state index is 11.9. The monoisotopic (exact) mass is 551 g/mol. The van der Waals surface area contributed by atoms with E-state index in [0.717, 1.165) is 56.3 Å². The molecule has 3 aliphatic heterocycles. The predicted molar refractivity (Wildman–Crippen MR) is 155 cm³/mol. The van der Waals surface area contributed by atoms with Gasteiger partial charge in [-0.3, -0.25) is 19.4 Å². The van der Waals surface area contributed by atoms with Crippen LogP contribution in [0, 0.1) is 0 Å². The molecule has 9 heteroatoms. The Morgan fingerprint density at radius 1 is 1.05 bits per heavy atom. The molecule has 3 heterocycles. The van der Waals surface area contributed by atoms with Gasteiger partial charge in [0.2, 0.25) is 10.0 Å². The van der Waals surface area contributed by atoms with Crippen LogP contribution in [0.2, 0.25) is 5.02 Å². The molecule has 2 unspecified atom stereocenters. The van der Waals surface area contributed by atoms with E-state index in [1.165, 1.54) is 18.4 Å². The van der Waals surface area contributed by atoms with Crippen LogP contribution in [0.15, 0.2) is 47.8 Å². The average molecular weight is 552 g/mol. The van der Waals surface area contributed by atoms with Gasteiger partial charge in [-0.15, -0.1) is 0 Å². The molecule has 0 aromatic heterocycles. The summed E-state index contributed by atoms with van der Waals surface area (Å²) < 4.78 is 26.5. The van der Waals surface area contributed by atoms with Crippen LogP contribution in [0.5, 0.6) is 0 Å². The molecule has 0 spiro atoms.